The molecule has 11 nitrogen and oxygen atoms in total. The highest BCUT2D eigenvalue weighted by atomic mass is 16.5. The molecule has 11 heteroatoms. The Morgan fingerprint density at radius 3 is 1.94 bits per heavy atom. The summed E-state index contributed by atoms with van der Waals surface area (Å²) in [7, 11) is 0. The molecule has 1 amide bonds. The van der Waals surface area contributed by atoms with E-state index >= 15 is 0 Å². The van der Waals surface area contributed by atoms with Crippen molar-refractivity contribution in [1.29, 1.82) is 0 Å². The van der Waals surface area contributed by atoms with Gasteiger partial charge in [-0.15, -0.1) is 0 Å². The zero-order valence-electron chi connectivity index (χ0n) is 39.1. The van der Waals surface area contributed by atoms with Crippen molar-refractivity contribution in [2.75, 3.05) is 32.9 Å². The van der Waals surface area contributed by atoms with Gasteiger partial charge < -0.3 is 25.3 Å². The van der Waals surface area contributed by atoms with Crippen molar-refractivity contribution < 1.29 is 39.3 Å². The van der Waals surface area contributed by atoms with Crippen LogP contribution in [0.25, 0.3) is 32.7 Å². The summed E-state index contributed by atoms with van der Waals surface area (Å²) in [5.74, 6) is 0.955. The molecule has 0 saturated heterocycles. The normalized spacial score (nSPS) is 12.8. The van der Waals surface area contributed by atoms with Crippen LogP contribution < -0.4 is 37.0 Å². The quantitative estimate of drug-likeness (QED) is 0.0195. The molecule has 65 heavy (non-hydrogen) atoms. The maximum absolute atomic E-state index is 14.3. The molecule has 0 aliphatic heterocycles. The van der Waals surface area contributed by atoms with Crippen molar-refractivity contribution in [3.63, 3.8) is 0 Å². The van der Waals surface area contributed by atoms with Crippen LogP contribution >= 0.6 is 0 Å². The van der Waals surface area contributed by atoms with Gasteiger partial charge in [-0.3, -0.25) is 30.8 Å². The van der Waals surface area contributed by atoms with Crippen molar-refractivity contribution in [2.24, 2.45) is 35.1 Å². The van der Waals surface area contributed by atoms with Crippen molar-refractivity contribution in [1.82, 2.24) is 5.32 Å². The Labute approximate surface area is 385 Å². The fraction of sp³-hybridized carbons (Fsp3) is 0.444. The predicted octanol–water partition coefficient (Wildman–Crippen LogP) is 6.91. The lowest BCUT2D eigenvalue weighted by molar-refractivity contribution is -0.459. The van der Waals surface area contributed by atoms with Crippen LogP contribution in [0.4, 0.5) is 0 Å². The maximum Gasteiger partial charge on any atom is 0.338 e. The summed E-state index contributed by atoms with van der Waals surface area (Å²) in [6.07, 6.45) is 4.86. The number of ether oxygens (including phenoxy) is 3. The third-order valence-electron chi connectivity index (χ3n) is 11.7. The number of nitrogens with one attached hydrogen (secondary N) is 2. The summed E-state index contributed by atoms with van der Waals surface area (Å²) in [5, 5.41) is 7.19. The predicted molar refractivity (Wildman–Crippen MR) is 261 cm³/mol. The highest BCUT2D eigenvalue weighted by Gasteiger charge is 2.29. The van der Waals surface area contributed by atoms with Crippen LogP contribution in [0.5, 0.6) is 11.5 Å². The maximum atomic E-state index is 14.3. The third kappa shape index (κ3) is 16.0. The topological polar surface area (TPSA) is 185 Å². The van der Waals surface area contributed by atoms with Crippen LogP contribution in [0.2, 0.25) is 0 Å². The minimum atomic E-state index is -0.758. The number of hydrogen-bond acceptors (Lipinski definition) is 6. The number of hydrogen-bond donors (Lipinski definition) is 5. The highest BCUT2D eigenvalue weighted by molar-refractivity contribution is 6.10. The minimum absolute atomic E-state index is 0.0279. The molecule has 5 aromatic rings. The number of fused-ring (bicyclic) bond motifs is 2. The van der Waals surface area contributed by atoms with Gasteiger partial charge in [0.25, 0.3) is 0 Å². The summed E-state index contributed by atoms with van der Waals surface area (Å²) in [6, 6.07) is 33.6. The molecule has 5 rings (SSSR count). The minimum Gasteiger partial charge on any atom is -0.493 e. The first-order valence-corrected chi connectivity index (χ1v) is 23.6. The van der Waals surface area contributed by atoms with E-state index in [9.17, 15) is 14.4 Å². The summed E-state index contributed by atoms with van der Waals surface area (Å²) in [4.78, 5) is 45.5. The van der Waals surface area contributed by atoms with Crippen LogP contribution in [0.3, 0.4) is 0 Å². The summed E-state index contributed by atoms with van der Waals surface area (Å²) < 4.78 is 19.1. The molecule has 0 aliphatic carbocycles. The van der Waals surface area contributed by atoms with Crippen molar-refractivity contribution >= 4 is 45.0 Å². The van der Waals surface area contributed by atoms with E-state index in [2.05, 4.69) is 74.1 Å². The molecule has 348 valence electrons. The lowest BCUT2D eigenvalue weighted by Gasteiger charge is -2.25. The Bertz CT molecular complexity index is 2310. The molecule has 0 fully saturated rings. The van der Waals surface area contributed by atoms with E-state index in [-0.39, 0.29) is 48.8 Å². The molecule has 0 saturated carbocycles. The first kappa shape index (κ1) is 50.2. The largest absolute Gasteiger partial charge is 0.493 e. The van der Waals surface area contributed by atoms with E-state index in [1.807, 2.05) is 72.8 Å². The van der Waals surface area contributed by atoms with E-state index < -0.39 is 12.0 Å². The van der Waals surface area contributed by atoms with E-state index in [4.69, 9.17) is 25.7 Å². The van der Waals surface area contributed by atoms with Crippen LogP contribution in [-0.2, 0) is 25.7 Å². The lowest BCUT2D eigenvalue weighted by Crippen LogP contribution is -2.78. The fourth-order valence-electron chi connectivity index (χ4n) is 8.41. The van der Waals surface area contributed by atoms with Gasteiger partial charge in [-0.25, -0.2) is 0 Å². The second-order valence-electron chi connectivity index (χ2n) is 18.2. The number of unbranched alkanes of at least 4 members (excludes halogenated alkanes) is 1. The zero-order valence-corrected chi connectivity index (χ0v) is 39.1. The van der Waals surface area contributed by atoms with Gasteiger partial charge in [-0.1, -0.05) is 119 Å². The standard InChI is InChI=1S/C54H71N5O6/c1-37(2)27-30-64-49-25-23-41-17-8-10-20-45(41)51(49)52-46-21-11-9-18-42(46)24-26-50(52)65-36-44(60)33-43(19-12-13-28-55)53(62)59-47(22-14-29-58-54(56)57)48(61)32-40(31-38(3)4)35-63-34-39-15-6-5-7-16-39/h5-11,15-18,20-21,23-26,37-38,40,43,47H,12-14,19,22,27-36,55H2,1-4H3,(H,59,62)(H4,56,57,58)/p+2/t40-,43+,47-/m1/s1. The fourth-order valence-corrected chi connectivity index (χ4v) is 8.41. The Morgan fingerprint density at radius 1 is 0.692 bits per heavy atom. The van der Waals surface area contributed by atoms with Gasteiger partial charge in [0.2, 0.25) is 5.91 Å². The van der Waals surface area contributed by atoms with Gasteiger partial charge in [0.1, 0.15) is 18.1 Å². The highest BCUT2D eigenvalue weighted by Crippen LogP contribution is 2.45. The number of nitrogens with two attached hydrogens (primary N) is 2. The molecule has 5 aromatic carbocycles. The number of guanidine groups is 1. The Morgan fingerprint density at radius 2 is 1.32 bits per heavy atom. The van der Waals surface area contributed by atoms with Crippen molar-refractivity contribution in [3.8, 4) is 22.6 Å². The molecular formula is C54H73N5O6+2. The molecule has 0 radical (unpaired) electrons. The van der Waals surface area contributed by atoms with Gasteiger partial charge in [-0.05, 0) is 102 Å². The smallest absolute Gasteiger partial charge is 0.338 e. The number of benzene rings is 5. The zero-order chi connectivity index (χ0) is 46.6. The van der Waals surface area contributed by atoms with E-state index in [0.717, 1.165) is 63.2 Å². The van der Waals surface area contributed by atoms with E-state index in [1.54, 1.807) is 0 Å². The van der Waals surface area contributed by atoms with Gasteiger partial charge in [0, 0.05) is 29.9 Å². The van der Waals surface area contributed by atoms with Crippen LogP contribution in [0.1, 0.15) is 91.0 Å². The lowest BCUT2D eigenvalue weighted by atomic mass is 9.89. The molecule has 9 N–H and O–H groups in total. The van der Waals surface area contributed by atoms with Crippen LogP contribution in [0, 0.1) is 23.7 Å². The molecule has 3 atom stereocenters. The van der Waals surface area contributed by atoms with Gasteiger partial charge >= 0.3 is 5.96 Å². The number of amides is 1. The number of carbonyl (C=O) groups is 3. The second kappa shape index (κ2) is 26.2. The van der Waals surface area contributed by atoms with Crippen LogP contribution in [-0.4, -0.2) is 62.4 Å². The Balaban J connectivity index is 1.36. The van der Waals surface area contributed by atoms with Gasteiger partial charge in [-0.2, -0.15) is 0 Å². The van der Waals surface area contributed by atoms with Crippen molar-refractivity contribution in [2.45, 2.75) is 98.1 Å². The Hall–Kier alpha value is -5.78. The van der Waals surface area contributed by atoms with Gasteiger partial charge in [0.05, 0.1) is 39.0 Å². The number of rotatable bonds is 29. The SMILES string of the molecule is CC(C)CCOc1ccc2ccccc2c1-c1c(OCC(=O)C[C@H](CCCC[NH3+])C(=O)N[C@H](CCC[NH+]=C(N)N)C(=O)C[C@H](COCc2ccccc2)CC(C)C)ccc2ccccc12. The number of quaternary nitrogens is 1. The molecule has 0 aromatic heterocycles. The molecular weight excluding hydrogens is 815 g/mol. The molecule has 0 bridgehead atoms. The average Bonchev–Trinajstić information content (AvgIpc) is 3.28. The summed E-state index contributed by atoms with van der Waals surface area (Å²) in [6.45, 7) is 11.0. The summed E-state index contributed by atoms with van der Waals surface area (Å²) in [5.41, 5.74) is 18.1. The first-order valence-electron chi connectivity index (χ1n) is 23.6. The van der Waals surface area contributed by atoms with Gasteiger partial charge in [0.15, 0.2) is 11.6 Å². The molecule has 0 aliphatic rings. The number of ketones is 2. The van der Waals surface area contributed by atoms with E-state index in [1.165, 1.54) is 0 Å². The van der Waals surface area contributed by atoms with Crippen molar-refractivity contribution in [3.05, 3.63) is 109 Å². The molecule has 0 unspecified atom stereocenters. The first-order chi connectivity index (χ1) is 31.4. The molecule has 0 heterocycles. The third-order valence-corrected chi connectivity index (χ3v) is 11.7. The molecule has 0 spiro atoms. The number of carbonyl (C=O) groups excluding carboxylic acids is 3. The second-order valence-corrected chi connectivity index (χ2v) is 18.2. The monoisotopic (exact) mass is 888 g/mol. The Kier molecular flexibility index (Phi) is 20.3. The average molecular weight is 888 g/mol. The van der Waals surface area contributed by atoms with Crippen LogP contribution in [0.15, 0.2) is 103 Å². The summed E-state index contributed by atoms with van der Waals surface area (Å²) >= 11 is 0. The van der Waals surface area contributed by atoms with E-state index in [0.29, 0.717) is 76.2 Å². The number of Topliss-reactive ketones (excluding diaryl/α,β-unsaturated/α-hetero) is 2.